The molecule has 3 N–H and O–H groups in total. The Morgan fingerprint density at radius 3 is 2.33 bits per heavy atom. The maximum Gasteiger partial charge on any atom is 0.251 e. The molecule has 0 radical (unpaired) electrons. The molecule has 2 aromatic carbocycles. The Labute approximate surface area is 194 Å². The van der Waals surface area contributed by atoms with Crippen molar-refractivity contribution < 1.29 is 22.7 Å². The summed E-state index contributed by atoms with van der Waals surface area (Å²) in [5, 5.41) is 8.65. The van der Waals surface area contributed by atoms with Crippen LogP contribution in [0.3, 0.4) is 0 Å². The molecule has 9 nitrogen and oxygen atoms in total. The van der Waals surface area contributed by atoms with Gasteiger partial charge in [-0.05, 0) is 68.8 Å². The Morgan fingerprint density at radius 1 is 1.06 bits per heavy atom. The summed E-state index contributed by atoms with van der Waals surface area (Å²) in [6.45, 7) is 7.10. The molecule has 0 aliphatic carbocycles. The maximum atomic E-state index is 12.7. The highest BCUT2D eigenvalue weighted by Gasteiger charge is 2.26. The molecule has 1 aliphatic rings. The minimum atomic E-state index is -3.58. The van der Waals surface area contributed by atoms with E-state index < -0.39 is 10.0 Å². The van der Waals surface area contributed by atoms with E-state index in [0.717, 1.165) is 11.3 Å². The molecule has 0 atom stereocenters. The number of anilines is 2. The Balaban J connectivity index is 1.55. The Bertz CT molecular complexity index is 1090. The largest absolute Gasteiger partial charge is 0.379 e. The zero-order chi connectivity index (χ0) is 24.0. The highest BCUT2D eigenvalue weighted by molar-refractivity contribution is 7.89. The Hall–Kier alpha value is -2.95. The molecule has 1 heterocycles. The minimum absolute atomic E-state index is 0.0200. The predicted octanol–water partition coefficient (Wildman–Crippen LogP) is 2.20. The second-order valence-electron chi connectivity index (χ2n) is 8.10. The quantitative estimate of drug-likeness (QED) is 0.540. The molecule has 3 rings (SSSR count). The predicted molar refractivity (Wildman–Crippen MR) is 127 cm³/mol. The second-order valence-corrected chi connectivity index (χ2v) is 10.0. The van der Waals surface area contributed by atoms with Gasteiger partial charge in [-0.15, -0.1) is 0 Å². The van der Waals surface area contributed by atoms with Gasteiger partial charge in [0.15, 0.2) is 0 Å². The molecule has 0 bridgehead atoms. The van der Waals surface area contributed by atoms with Gasteiger partial charge in [-0.1, -0.05) is 0 Å². The number of benzene rings is 2. The van der Waals surface area contributed by atoms with E-state index in [9.17, 15) is 18.0 Å². The third-order valence-electron chi connectivity index (χ3n) is 5.09. The molecule has 0 spiro atoms. The van der Waals surface area contributed by atoms with E-state index in [2.05, 4.69) is 16.0 Å². The molecule has 0 unspecified atom stereocenters. The molecule has 1 fully saturated rings. The monoisotopic (exact) mass is 474 g/mol. The normalized spacial score (nSPS) is 14.7. The van der Waals surface area contributed by atoms with Crippen LogP contribution in [0.15, 0.2) is 47.4 Å². The molecular weight excluding hydrogens is 444 g/mol. The van der Waals surface area contributed by atoms with E-state index in [-0.39, 0.29) is 29.3 Å². The fourth-order valence-electron chi connectivity index (χ4n) is 3.38. The number of amides is 2. The number of hydrogen-bond acceptors (Lipinski definition) is 6. The first kappa shape index (κ1) is 24.7. The summed E-state index contributed by atoms with van der Waals surface area (Å²) in [6.07, 6.45) is 0. The first-order valence-electron chi connectivity index (χ1n) is 10.8. The number of nitrogens with zero attached hydrogens (tertiary/aromatic N) is 1. The smallest absolute Gasteiger partial charge is 0.251 e. The van der Waals surface area contributed by atoms with Crippen molar-refractivity contribution in [2.75, 3.05) is 43.5 Å². The Morgan fingerprint density at radius 2 is 1.73 bits per heavy atom. The van der Waals surface area contributed by atoms with Crippen molar-refractivity contribution in [3.05, 3.63) is 53.6 Å². The van der Waals surface area contributed by atoms with Gasteiger partial charge in [-0.2, -0.15) is 4.31 Å². The van der Waals surface area contributed by atoms with E-state index in [4.69, 9.17) is 4.74 Å². The third-order valence-corrected chi connectivity index (χ3v) is 7.01. The van der Waals surface area contributed by atoms with Crippen LogP contribution in [-0.4, -0.2) is 63.4 Å². The highest BCUT2D eigenvalue weighted by atomic mass is 32.2. The van der Waals surface area contributed by atoms with Crippen molar-refractivity contribution in [3.63, 3.8) is 0 Å². The summed E-state index contributed by atoms with van der Waals surface area (Å²) in [4.78, 5) is 24.6. The second kappa shape index (κ2) is 10.8. The van der Waals surface area contributed by atoms with Crippen LogP contribution >= 0.6 is 0 Å². The van der Waals surface area contributed by atoms with Crippen molar-refractivity contribution in [3.8, 4) is 0 Å². The maximum absolute atomic E-state index is 12.7. The lowest BCUT2D eigenvalue weighted by Crippen LogP contribution is -2.40. The van der Waals surface area contributed by atoms with E-state index in [1.165, 1.54) is 16.4 Å². The molecule has 2 aromatic rings. The Kier molecular flexibility index (Phi) is 8.06. The number of rotatable bonds is 8. The van der Waals surface area contributed by atoms with E-state index in [0.29, 0.717) is 37.6 Å². The van der Waals surface area contributed by atoms with Crippen LogP contribution in [0.4, 0.5) is 11.4 Å². The van der Waals surface area contributed by atoms with Crippen molar-refractivity contribution in [1.82, 2.24) is 9.62 Å². The summed E-state index contributed by atoms with van der Waals surface area (Å²) in [7, 11) is -3.58. The SMILES string of the molecule is Cc1cc(C(=O)NC(C)C)ccc1NCC(=O)Nc1ccc(S(=O)(=O)N2CCOCC2)cc1. The van der Waals surface area contributed by atoms with Gasteiger partial charge in [0.1, 0.15) is 0 Å². The standard InChI is InChI=1S/C23H30N4O5S/c1-16(2)25-23(29)18-4-9-21(17(3)14-18)24-15-22(28)26-19-5-7-20(8-6-19)33(30,31)27-10-12-32-13-11-27/h4-9,14,16,24H,10-13,15H2,1-3H3,(H,25,29)(H,26,28). The molecule has 1 saturated heterocycles. The topological polar surface area (TPSA) is 117 Å². The lowest BCUT2D eigenvalue weighted by molar-refractivity contribution is -0.114. The average Bonchev–Trinajstić information content (AvgIpc) is 2.78. The summed E-state index contributed by atoms with van der Waals surface area (Å²) < 4.78 is 32.0. The third kappa shape index (κ3) is 6.53. The molecule has 2 amide bonds. The van der Waals surface area contributed by atoms with Gasteiger partial charge in [0, 0.05) is 36.1 Å². The number of ether oxygens (including phenoxy) is 1. The number of nitrogens with one attached hydrogen (secondary N) is 3. The number of sulfonamides is 1. The van der Waals surface area contributed by atoms with E-state index in [1.54, 1.807) is 30.3 Å². The lowest BCUT2D eigenvalue weighted by Gasteiger charge is -2.26. The van der Waals surface area contributed by atoms with Gasteiger partial charge < -0.3 is 20.7 Å². The van der Waals surface area contributed by atoms with E-state index >= 15 is 0 Å². The number of morpholine rings is 1. The zero-order valence-corrected chi connectivity index (χ0v) is 19.9. The van der Waals surface area contributed by atoms with Crippen molar-refractivity contribution >= 4 is 33.2 Å². The van der Waals surface area contributed by atoms with Gasteiger partial charge in [-0.25, -0.2) is 8.42 Å². The van der Waals surface area contributed by atoms with Crippen LogP contribution in [0.2, 0.25) is 0 Å². The number of carbonyl (C=O) groups is 2. The van der Waals surface area contributed by atoms with Crippen LogP contribution in [0, 0.1) is 6.92 Å². The summed E-state index contributed by atoms with van der Waals surface area (Å²) in [5.74, 6) is -0.420. The van der Waals surface area contributed by atoms with Gasteiger partial charge >= 0.3 is 0 Å². The van der Waals surface area contributed by atoms with Gasteiger partial charge in [-0.3, -0.25) is 9.59 Å². The lowest BCUT2D eigenvalue weighted by atomic mass is 10.1. The van der Waals surface area contributed by atoms with Crippen molar-refractivity contribution in [1.29, 1.82) is 0 Å². The molecule has 33 heavy (non-hydrogen) atoms. The summed E-state index contributed by atoms with van der Waals surface area (Å²) >= 11 is 0. The minimum Gasteiger partial charge on any atom is -0.379 e. The van der Waals surface area contributed by atoms with Crippen LogP contribution in [0.1, 0.15) is 29.8 Å². The fourth-order valence-corrected chi connectivity index (χ4v) is 4.78. The van der Waals surface area contributed by atoms with Gasteiger partial charge in [0.2, 0.25) is 15.9 Å². The average molecular weight is 475 g/mol. The van der Waals surface area contributed by atoms with Crippen molar-refractivity contribution in [2.45, 2.75) is 31.7 Å². The highest BCUT2D eigenvalue weighted by Crippen LogP contribution is 2.20. The number of carbonyl (C=O) groups excluding carboxylic acids is 2. The van der Waals surface area contributed by atoms with Crippen LogP contribution < -0.4 is 16.0 Å². The van der Waals surface area contributed by atoms with Crippen molar-refractivity contribution in [2.24, 2.45) is 0 Å². The van der Waals surface area contributed by atoms with Crippen LogP contribution in [-0.2, 0) is 19.6 Å². The number of aryl methyl sites for hydroxylation is 1. The van der Waals surface area contributed by atoms with Gasteiger partial charge in [0.05, 0.1) is 24.7 Å². The first-order valence-corrected chi connectivity index (χ1v) is 12.2. The number of hydrogen-bond donors (Lipinski definition) is 3. The molecule has 0 aromatic heterocycles. The summed E-state index contributed by atoms with van der Waals surface area (Å²) in [6, 6.07) is 11.4. The molecular formula is C23H30N4O5S. The molecule has 1 aliphatic heterocycles. The van der Waals surface area contributed by atoms with E-state index in [1.807, 2.05) is 20.8 Å². The molecule has 10 heteroatoms. The molecule has 0 saturated carbocycles. The molecule has 178 valence electrons. The van der Waals surface area contributed by atoms with Crippen LogP contribution in [0.5, 0.6) is 0 Å². The zero-order valence-electron chi connectivity index (χ0n) is 19.1. The summed E-state index contributed by atoms with van der Waals surface area (Å²) in [5.41, 5.74) is 2.65. The van der Waals surface area contributed by atoms with Crippen LogP contribution in [0.25, 0.3) is 0 Å². The fraction of sp³-hybridized carbons (Fsp3) is 0.391. The van der Waals surface area contributed by atoms with Gasteiger partial charge in [0.25, 0.3) is 5.91 Å². The first-order chi connectivity index (χ1) is 15.7.